The topological polar surface area (TPSA) is 63.4 Å². The van der Waals surface area contributed by atoms with Crippen LogP contribution in [0.3, 0.4) is 0 Å². The molecule has 0 saturated carbocycles. The van der Waals surface area contributed by atoms with Crippen LogP contribution in [-0.2, 0) is 9.59 Å². The standard InChI is InChI=1S/C14H18N2O2/c1-8-4-13(17)16(14(18)5-8)12-7-10(3)9(2)6-11(12)15/h6-8H,4-5,15H2,1-3H3. The van der Waals surface area contributed by atoms with Gasteiger partial charge in [-0.25, -0.2) is 4.90 Å². The summed E-state index contributed by atoms with van der Waals surface area (Å²) in [6.45, 7) is 5.81. The fraction of sp³-hybridized carbons (Fsp3) is 0.429. The second kappa shape index (κ2) is 4.44. The van der Waals surface area contributed by atoms with Gasteiger partial charge in [0, 0.05) is 12.8 Å². The van der Waals surface area contributed by atoms with Crippen LogP contribution in [0.25, 0.3) is 0 Å². The summed E-state index contributed by atoms with van der Waals surface area (Å²) in [5, 5.41) is 0. The zero-order valence-corrected chi connectivity index (χ0v) is 11.0. The minimum Gasteiger partial charge on any atom is -0.397 e. The molecule has 1 saturated heterocycles. The fourth-order valence-corrected chi connectivity index (χ4v) is 2.28. The Labute approximate surface area is 107 Å². The van der Waals surface area contributed by atoms with E-state index in [1.165, 1.54) is 4.90 Å². The molecule has 0 bridgehead atoms. The number of aryl methyl sites for hydroxylation is 2. The quantitative estimate of drug-likeness (QED) is 0.610. The predicted octanol–water partition coefficient (Wildman–Crippen LogP) is 2.18. The lowest BCUT2D eigenvalue weighted by molar-refractivity contribution is -0.130. The smallest absolute Gasteiger partial charge is 0.234 e. The molecular weight excluding hydrogens is 228 g/mol. The summed E-state index contributed by atoms with van der Waals surface area (Å²) in [5.74, 6) is -0.198. The molecule has 0 aliphatic carbocycles. The molecule has 2 amide bonds. The van der Waals surface area contributed by atoms with Crippen LogP contribution in [0.4, 0.5) is 11.4 Å². The maximum absolute atomic E-state index is 12.0. The van der Waals surface area contributed by atoms with Gasteiger partial charge in [0.05, 0.1) is 11.4 Å². The summed E-state index contributed by atoms with van der Waals surface area (Å²) in [7, 11) is 0. The van der Waals surface area contributed by atoms with Crippen molar-refractivity contribution in [2.45, 2.75) is 33.6 Å². The van der Waals surface area contributed by atoms with E-state index < -0.39 is 0 Å². The van der Waals surface area contributed by atoms with Crippen LogP contribution in [0.2, 0.25) is 0 Å². The summed E-state index contributed by atoms with van der Waals surface area (Å²) >= 11 is 0. The maximum atomic E-state index is 12.0. The molecule has 18 heavy (non-hydrogen) atoms. The van der Waals surface area contributed by atoms with E-state index in [1.807, 2.05) is 32.9 Å². The Kier molecular flexibility index (Phi) is 3.11. The summed E-state index contributed by atoms with van der Waals surface area (Å²) < 4.78 is 0. The number of hydrogen-bond acceptors (Lipinski definition) is 3. The lowest BCUT2D eigenvalue weighted by Gasteiger charge is -2.29. The molecule has 4 nitrogen and oxygen atoms in total. The molecule has 0 atom stereocenters. The van der Waals surface area contributed by atoms with Crippen molar-refractivity contribution >= 4 is 23.2 Å². The van der Waals surface area contributed by atoms with Gasteiger partial charge in [-0.2, -0.15) is 0 Å². The van der Waals surface area contributed by atoms with E-state index in [9.17, 15) is 9.59 Å². The average molecular weight is 246 g/mol. The molecule has 0 aromatic heterocycles. The summed E-state index contributed by atoms with van der Waals surface area (Å²) in [5.41, 5.74) is 9.03. The van der Waals surface area contributed by atoms with Crippen molar-refractivity contribution in [3.63, 3.8) is 0 Å². The number of benzene rings is 1. The van der Waals surface area contributed by atoms with E-state index in [4.69, 9.17) is 5.73 Å². The van der Waals surface area contributed by atoms with E-state index in [0.29, 0.717) is 24.2 Å². The van der Waals surface area contributed by atoms with E-state index in [0.717, 1.165) is 11.1 Å². The third-order valence-electron chi connectivity index (χ3n) is 3.43. The second-order valence-corrected chi connectivity index (χ2v) is 5.13. The van der Waals surface area contributed by atoms with Crippen LogP contribution in [0.5, 0.6) is 0 Å². The molecule has 0 radical (unpaired) electrons. The molecule has 0 unspecified atom stereocenters. The Morgan fingerprint density at radius 3 is 2.17 bits per heavy atom. The molecule has 1 aromatic rings. The molecule has 2 rings (SSSR count). The molecule has 4 heteroatoms. The van der Waals surface area contributed by atoms with E-state index in [1.54, 1.807) is 0 Å². The molecular formula is C14H18N2O2. The van der Waals surface area contributed by atoms with Gasteiger partial charge in [-0.05, 0) is 43.0 Å². The number of nitrogens with two attached hydrogens (primary N) is 1. The first-order chi connectivity index (χ1) is 8.40. The van der Waals surface area contributed by atoms with Crippen molar-refractivity contribution in [2.24, 2.45) is 5.92 Å². The summed E-state index contributed by atoms with van der Waals surface area (Å²) in [6, 6.07) is 3.62. The molecule has 1 fully saturated rings. The first kappa shape index (κ1) is 12.6. The third kappa shape index (κ3) is 2.10. The molecule has 1 aliphatic heterocycles. The number of carbonyl (C=O) groups excluding carboxylic acids is 2. The predicted molar refractivity (Wildman–Crippen MR) is 71.2 cm³/mol. The number of nitrogens with zero attached hydrogens (tertiary/aromatic N) is 1. The maximum Gasteiger partial charge on any atom is 0.234 e. The SMILES string of the molecule is Cc1cc(N)c(N2C(=O)CC(C)CC2=O)cc1C. The van der Waals surface area contributed by atoms with Gasteiger partial charge in [0.1, 0.15) is 0 Å². The number of amides is 2. The number of rotatable bonds is 1. The number of nitrogen functional groups attached to an aromatic ring is 1. The van der Waals surface area contributed by atoms with Crippen LogP contribution >= 0.6 is 0 Å². The van der Waals surface area contributed by atoms with Gasteiger partial charge in [0.15, 0.2) is 0 Å². The third-order valence-corrected chi connectivity index (χ3v) is 3.43. The Morgan fingerprint density at radius 1 is 1.11 bits per heavy atom. The number of carbonyl (C=O) groups is 2. The van der Waals surface area contributed by atoms with E-state index in [-0.39, 0.29) is 17.7 Å². The van der Waals surface area contributed by atoms with Crippen LogP contribution in [0, 0.1) is 19.8 Å². The highest BCUT2D eigenvalue weighted by molar-refractivity contribution is 6.18. The van der Waals surface area contributed by atoms with Crippen LogP contribution in [-0.4, -0.2) is 11.8 Å². The molecule has 1 heterocycles. The normalized spacial score (nSPS) is 17.4. The van der Waals surface area contributed by atoms with Gasteiger partial charge >= 0.3 is 0 Å². The molecule has 1 aromatic carbocycles. The zero-order valence-electron chi connectivity index (χ0n) is 11.0. The Bertz CT molecular complexity index is 505. The van der Waals surface area contributed by atoms with E-state index in [2.05, 4.69) is 0 Å². The minimum atomic E-state index is -0.159. The van der Waals surface area contributed by atoms with Gasteiger partial charge in [0.2, 0.25) is 11.8 Å². The van der Waals surface area contributed by atoms with Crippen LogP contribution in [0.1, 0.15) is 30.9 Å². The van der Waals surface area contributed by atoms with Gasteiger partial charge in [-0.15, -0.1) is 0 Å². The lowest BCUT2D eigenvalue weighted by Crippen LogP contribution is -2.43. The van der Waals surface area contributed by atoms with Gasteiger partial charge < -0.3 is 5.73 Å². The highest BCUT2D eigenvalue weighted by atomic mass is 16.2. The average Bonchev–Trinajstić information content (AvgIpc) is 2.24. The Morgan fingerprint density at radius 2 is 1.61 bits per heavy atom. The van der Waals surface area contributed by atoms with Gasteiger partial charge in [-0.1, -0.05) is 6.92 Å². The van der Waals surface area contributed by atoms with Crippen LogP contribution < -0.4 is 10.6 Å². The first-order valence-corrected chi connectivity index (χ1v) is 6.12. The Hall–Kier alpha value is -1.84. The van der Waals surface area contributed by atoms with Crippen molar-refractivity contribution < 1.29 is 9.59 Å². The molecule has 96 valence electrons. The largest absolute Gasteiger partial charge is 0.397 e. The molecule has 1 aliphatic rings. The van der Waals surface area contributed by atoms with Gasteiger partial charge in [0.25, 0.3) is 0 Å². The van der Waals surface area contributed by atoms with Crippen molar-refractivity contribution in [1.29, 1.82) is 0 Å². The number of imide groups is 1. The lowest BCUT2D eigenvalue weighted by atomic mass is 9.96. The van der Waals surface area contributed by atoms with Crippen molar-refractivity contribution in [1.82, 2.24) is 0 Å². The highest BCUT2D eigenvalue weighted by Crippen LogP contribution is 2.31. The van der Waals surface area contributed by atoms with Crippen LogP contribution in [0.15, 0.2) is 12.1 Å². The first-order valence-electron chi connectivity index (χ1n) is 6.12. The Balaban J connectivity index is 2.45. The number of anilines is 2. The number of piperidine rings is 1. The summed E-state index contributed by atoms with van der Waals surface area (Å²) in [4.78, 5) is 25.3. The second-order valence-electron chi connectivity index (χ2n) is 5.13. The van der Waals surface area contributed by atoms with Crippen molar-refractivity contribution in [3.05, 3.63) is 23.3 Å². The van der Waals surface area contributed by atoms with Crippen molar-refractivity contribution in [2.75, 3.05) is 10.6 Å². The fourth-order valence-electron chi connectivity index (χ4n) is 2.28. The monoisotopic (exact) mass is 246 g/mol. The minimum absolute atomic E-state index is 0.119. The van der Waals surface area contributed by atoms with E-state index >= 15 is 0 Å². The van der Waals surface area contributed by atoms with Crippen molar-refractivity contribution in [3.8, 4) is 0 Å². The number of hydrogen-bond donors (Lipinski definition) is 1. The zero-order chi connectivity index (χ0) is 13.4. The molecule has 0 spiro atoms. The summed E-state index contributed by atoms with van der Waals surface area (Å²) in [6.07, 6.45) is 0.802. The molecule has 2 N–H and O–H groups in total. The van der Waals surface area contributed by atoms with Gasteiger partial charge in [-0.3, -0.25) is 9.59 Å². The highest BCUT2D eigenvalue weighted by Gasteiger charge is 2.32.